The molecule has 110 valence electrons. The summed E-state index contributed by atoms with van der Waals surface area (Å²) in [5.41, 5.74) is 7.45. The zero-order chi connectivity index (χ0) is 12.0. The fourth-order valence-electron chi connectivity index (χ4n) is 3.41. The lowest BCUT2D eigenvalue weighted by atomic mass is 9.93. The highest BCUT2D eigenvalue weighted by molar-refractivity contribution is 7.11. The minimum absolute atomic E-state index is 0. The largest absolute Gasteiger partial charge is 0.327 e. The van der Waals surface area contributed by atoms with Crippen molar-refractivity contribution in [3.05, 3.63) is 15.6 Å². The summed E-state index contributed by atoms with van der Waals surface area (Å²) in [6, 6.07) is 0.468. The van der Waals surface area contributed by atoms with Crippen molar-refractivity contribution in [2.45, 2.75) is 39.3 Å². The second-order valence-electron chi connectivity index (χ2n) is 5.61. The topological polar surface area (TPSA) is 42.2 Å². The monoisotopic (exact) mass is 323 g/mol. The van der Waals surface area contributed by atoms with Crippen LogP contribution in [0.1, 0.15) is 28.4 Å². The molecule has 1 aliphatic carbocycles. The van der Waals surface area contributed by atoms with Gasteiger partial charge in [-0.15, -0.1) is 36.2 Å². The minimum Gasteiger partial charge on any atom is -0.327 e. The van der Waals surface area contributed by atoms with Crippen molar-refractivity contribution in [1.29, 1.82) is 0 Å². The Bertz CT molecular complexity index is 410. The standard InChI is InChI=1S/C13H21N3S.2ClH/c1-8-12(17-9(2)15-8)7-16-5-10-3-4-11(6-16)13(10)14;;/h10-11,13H,3-7,14H2,1-2H3;2*1H/t10-,11+,13?;;. The number of fused-ring (bicyclic) bond motifs is 2. The number of halogens is 2. The summed E-state index contributed by atoms with van der Waals surface area (Å²) in [6.45, 7) is 7.68. The van der Waals surface area contributed by atoms with Crippen molar-refractivity contribution in [3.8, 4) is 0 Å². The lowest BCUT2D eigenvalue weighted by Gasteiger charge is -2.35. The first-order chi connectivity index (χ1) is 8.13. The van der Waals surface area contributed by atoms with Crippen molar-refractivity contribution >= 4 is 36.2 Å². The number of hydrogen-bond acceptors (Lipinski definition) is 4. The molecule has 2 bridgehead atoms. The van der Waals surface area contributed by atoms with E-state index < -0.39 is 0 Å². The van der Waals surface area contributed by atoms with E-state index in [-0.39, 0.29) is 24.8 Å². The molecule has 3 nitrogen and oxygen atoms in total. The molecule has 1 aromatic rings. The number of piperidine rings is 1. The summed E-state index contributed by atoms with van der Waals surface area (Å²) in [5.74, 6) is 1.48. The molecule has 0 spiro atoms. The Balaban J connectivity index is 0.000000902. The molecule has 2 fully saturated rings. The molecule has 0 amide bonds. The molecule has 6 heteroatoms. The first-order valence-electron chi connectivity index (χ1n) is 6.54. The normalized spacial score (nSPS) is 29.7. The fraction of sp³-hybridized carbons (Fsp3) is 0.769. The third kappa shape index (κ3) is 3.42. The minimum atomic E-state index is 0. The van der Waals surface area contributed by atoms with Gasteiger partial charge in [-0.25, -0.2) is 4.98 Å². The number of nitrogens with two attached hydrogens (primary N) is 1. The molecule has 1 saturated carbocycles. The maximum atomic E-state index is 6.24. The zero-order valence-corrected chi connectivity index (χ0v) is 13.9. The molecule has 2 N–H and O–H groups in total. The Morgan fingerprint density at radius 2 is 1.79 bits per heavy atom. The van der Waals surface area contributed by atoms with Crippen LogP contribution >= 0.6 is 36.2 Å². The Morgan fingerprint density at radius 3 is 2.26 bits per heavy atom. The predicted octanol–water partition coefficient (Wildman–Crippen LogP) is 2.77. The van der Waals surface area contributed by atoms with Gasteiger partial charge in [-0.05, 0) is 38.5 Å². The molecule has 1 aliphatic heterocycles. The van der Waals surface area contributed by atoms with E-state index in [0.717, 1.165) is 18.4 Å². The van der Waals surface area contributed by atoms with Crippen LogP contribution in [0, 0.1) is 25.7 Å². The van der Waals surface area contributed by atoms with Gasteiger partial charge in [0, 0.05) is 30.6 Å². The van der Waals surface area contributed by atoms with Crippen LogP contribution < -0.4 is 5.73 Å². The van der Waals surface area contributed by atoms with Gasteiger partial charge in [0.05, 0.1) is 10.7 Å². The van der Waals surface area contributed by atoms with Crippen LogP contribution in [0.15, 0.2) is 0 Å². The smallest absolute Gasteiger partial charge is 0.0900 e. The van der Waals surface area contributed by atoms with Gasteiger partial charge in [0.25, 0.3) is 0 Å². The third-order valence-electron chi connectivity index (χ3n) is 4.35. The highest BCUT2D eigenvalue weighted by Gasteiger charge is 2.39. The summed E-state index contributed by atoms with van der Waals surface area (Å²) >= 11 is 1.85. The lowest BCUT2D eigenvalue weighted by molar-refractivity contribution is 0.141. The SMILES string of the molecule is Cc1nc(C)c(CN2C[C@H]3CC[C@@H](C2)C3N)s1.Cl.Cl. The zero-order valence-electron chi connectivity index (χ0n) is 11.5. The molecule has 1 aromatic heterocycles. The fourth-order valence-corrected chi connectivity index (χ4v) is 4.39. The molecule has 3 rings (SSSR count). The molecular formula is C13H23Cl2N3S. The molecule has 19 heavy (non-hydrogen) atoms. The number of likely N-dealkylation sites (tertiary alicyclic amines) is 1. The van der Waals surface area contributed by atoms with E-state index in [1.165, 1.54) is 41.5 Å². The van der Waals surface area contributed by atoms with Crippen LogP contribution in [0.5, 0.6) is 0 Å². The van der Waals surface area contributed by atoms with Gasteiger partial charge in [-0.2, -0.15) is 0 Å². The molecule has 2 heterocycles. The second-order valence-corrected chi connectivity index (χ2v) is 6.90. The van der Waals surface area contributed by atoms with E-state index in [9.17, 15) is 0 Å². The quantitative estimate of drug-likeness (QED) is 0.910. The van der Waals surface area contributed by atoms with Crippen molar-refractivity contribution < 1.29 is 0 Å². The average Bonchev–Trinajstić information content (AvgIpc) is 2.68. The highest BCUT2D eigenvalue weighted by Crippen LogP contribution is 2.36. The van der Waals surface area contributed by atoms with Crippen LogP contribution in [0.25, 0.3) is 0 Å². The van der Waals surface area contributed by atoms with Gasteiger partial charge in [-0.1, -0.05) is 0 Å². The molecular weight excluding hydrogens is 301 g/mol. The van der Waals surface area contributed by atoms with E-state index in [1.54, 1.807) is 0 Å². The number of aryl methyl sites for hydroxylation is 2. The van der Waals surface area contributed by atoms with E-state index in [2.05, 4.69) is 23.7 Å². The van der Waals surface area contributed by atoms with Gasteiger partial charge in [0.15, 0.2) is 0 Å². The van der Waals surface area contributed by atoms with Gasteiger partial charge in [-0.3, -0.25) is 4.90 Å². The lowest BCUT2D eigenvalue weighted by Crippen LogP contribution is -2.48. The third-order valence-corrected chi connectivity index (χ3v) is 5.41. The Labute approximate surface area is 131 Å². The summed E-state index contributed by atoms with van der Waals surface area (Å²) in [5, 5.41) is 1.19. The number of hydrogen-bond donors (Lipinski definition) is 1. The number of nitrogens with zero attached hydrogens (tertiary/aromatic N) is 2. The van der Waals surface area contributed by atoms with Crippen LogP contribution in [-0.4, -0.2) is 29.0 Å². The van der Waals surface area contributed by atoms with E-state index >= 15 is 0 Å². The molecule has 1 saturated heterocycles. The Morgan fingerprint density at radius 1 is 1.21 bits per heavy atom. The van der Waals surface area contributed by atoms with Crippen molar-refractivity contribution in [2.75, 3.05) is 13.1 Å². The summed E-state index contributed by atoms with van der Waals surface area (Å²) in [4.78, 5) is 8.54. The predicted molar refractivity (Wildman–Crippen MR) is 85.6 cm³/mol. The summed E-state index contributed by atoms with van der Waals surface area (Å²) in [6.07, 6.45) is 2.67. The van der Waals surface area contributed by atoms with Crippen LogP contribution in [0.4, 0.5) is 0 Å². The molecule has 3 atom stereocenters. The molecule has 0 radical (unpaired) electrons. The van der Waals surface area contributed by atoms with Gasteiger partial charge in [0.2, 0.25) is 0 Å². The molecule has 0 aromatic carbocycles. The Hall–Kier alpha value is 0.130. The summed E-state index contributed by atoms with van der Waals surface area (Å²) < 4.78 is 0. The van der Waals surface area contributed by atoms with Crippen molar-refractivity contribution in [2.24, 2.45) is 17.6 Å². The second kappa shape index (κ2) is 6.72. The molecule has 2 aliphatic rings. The number of rotatable bonds is 2. The number of thiazole rings is 1. The molecule has 1 unspecified atom stereocenters. The Kier molecular flexibility index (Phi) is 6.08. The van der Waals surface area contributed by atoms with Crippen molar-refractivity contribution in [1.82, 2.24) is 9.88 Å². The van der Waals surface area contributed by atoms with Crippen molar-refractivity contribution in [3.63, 3.8) is 0 Å². The van der Waals surface area contributed by atoms with Gasteiger partial charge < -0.3 is 5.73 Å². The van der Waals surface area contributed by atoms with Crippen LogP contribution in [-0.2, 0) is 6.54 Å². The van der Waals surface area contributed by atoms with Gasteiger partial charge >= 0.3 is 0 Å². The highest BCUT2D eigenvalue weighted by atomic mass is 35.5. The maximum Gasteiger partial charge on any atom is 0.0900 e. The van der Waals surface area contributed by atoms with E-state index in [1.807, 2.05) is 11.3 Å². The number of aromatic nitrogens is 1. The van der Waals surface area contributed by atoms with Crippen LogP contribution in [0.2, 0.25) is 0 Å². The average molecular weight is 324 g/mol. The van der Waals surface area contributed by atoms with Crippen LogP contribution in [0.3, 0.4) is 0 Å². The van der Waals surface area contributed by atoms with E-state index in [4.69, 9.17) is 5.73 Å². The first-order valence-corrected chi connectivity index (χ1v) is 7.36. The summed E-state index contributed by atoms with van der Waals surface area (Å²) in [7, 11) is 0. The van der Waals surface area contributed by atoms with Gasteiger partial charge in [0.1, 0.15) is 0 Å². The maximum absolute atomic E-state index is 6.24. The van der Waals surface area contributed by atoms with E-state index in [0.29, 0.717) is 6.04 Å². The first kappa shape index (κ1) is 17.2.